The summed E-state index contributed by atoms with van der Waals surface area (Å²) in [6, 6.07) is 48.3. The first-order chi connectivity index (χ1) is 30.4. The van der Waals surface area contributed by atoms with Crippen LogP contribution in [0.1, 0.15) is 58.2 Å². The number of rotatable bonds is 3. The Morgan fingerprint density at radius 3 is 1.78 bits per heavy atom. The predicted molar refractivity (Wildman–Crippen MR) is 265 cm³/mol. The summed E-state index contributed by atoms with van der Waals surface area (Å²) in [5.41, 5.74) is 19.1. The van der Waals surface area contributed by atoms with Crippen molar-refractivity contribution in [1.82, 2.24) is 4.57 Å². The number of benzene rings is 8. The summed E-state index contributed by atoms with van der Waals surface area (Å²) >= 11 is 0. The number of hydrogen-bond donors (Lipinski definition) is 1. The van der Waals surface area contributed by atoms with E-state index in [-0.39, 0.29) is 10.8 Å². The first-order valence-electron chi connectivity index (χ1n) is 22.0. The summed E-state index contributed by atoms with van der Waals surface area (Å²) in [6.07, 6.45) is 0. The number of furan rings is 3. The predicted octanol–water partition coefficient (Wildman–Crippen LogP) is 14.8. The molecule has 0 saturated heterocycles. The lowest BCUT2D eigenvalue weighted by atomic mass is 9.58. The second-order valence-electron chi connectivity index (χ2n) is 19.7. The van der Waals surface area contributed by atoms with Crippen LogP contribution in [0.5, 0.6) is 0 Å². The van der Waals surface area contributed by atoms with Gasteiger partial charge in [-0.1, -0.05) is 114 Å². The molecule has 8 aromatic carbocycles. The molecule has 1 N–H and O–H groups in total. The van der Waals surface area contributed by atoms with Gasteiger partial charge >= 0.3 is 0 Å². The number of anilines is 2. The Balaban J connectivity index is 1.13. The summed E-state index contributed by atoms with van der Waals surface area (Å²) in [5.74, 6) is 0. The monoisotopic (exact) mass is 815 g/mol. The molecule has 0 fully saturated rings. The van der Waals surface area contributed by atoms with Crippen LogP contribution < -0.4 is 16.2 Å². The van der Waals surface area contributed by atoms with Gasteiger partial charge in [0.25, 0.3) is 0 Å². The minimum atomic E-state index is -0.0114. The van der Waals surface area contributed by atoms with Crippen molar-refractivity contribution in [1.29, 1.82) is 0 Å². The zero-order valence-corrected chi connectivity index (χ0v) is 36.5. The van der Waals surface area contributed by atoms with Gasteiger partial charge in [-0.15, -0.1) is 0 Å². The summed E-state index contributed by atoms with van der Waals surface area (Å²) < 4.78 is 22.3. The third-order valence-corrected chi connectivity index (χ3v) is 13.6. The van der Waals surface area contributed by atoms with Crippen molar-refractivity contribution in [3.8, 4) is 16.8 Å². The smallest absolute Gasteiger partial charge is 0.197 e. The Hall–Kier alpha value is -7.18. The first-order valence-corrected chi connectivity index (χ1v) is 22.0. The second-order valence-corrected chi connectivity index (χ2v) is 19.7. The number of nitrogens with zero attached hydrogens (tertiary/aromatic N) is 1. The molecule has 5 heterocycles. The molecular formula is C57H44BN2O3. The number of fused-ring (bicyclic) bond motifs is 14. The fourth-order valence-corrected chi connectivity index (χ4v) is 10.3. The minimum absolute atomic E-state index is 0.0114. The van der Waals surface area contributed by atoms with E-state index < -0.39 is 0 Å². The average molecular weight is 816 g/mol. The van der Waals surface area contributed by atoms with Gasteiger partial charge < -0.3 is 23.1 Å². The van der Waals surface area contributed by atoms with Crippen LogP contribution in [-0.4, -0.2) is 11.8 Å². The summed E-state index contributed by atoms with van der Waals surface area (Å²) in [4.78, 5) is 0. The van der Waals surface area contributed by atoms with Crippen molar-refractivity contribution in [3.05, 3.63) is 150 Å². The second kappa shape index (κ2) is 12.5. The van der Waals surface area contributed by atoms with Crippen molar-refractivity contribution in [2.75, 3.05) is 5.32 Å². The molecule has 63 heavy (non-hydrogen) atoms. The van der Waals surface area contributed by atoms with Crippen LogP contribution in [-0.2, 0) is 10.8 Å². The van der Waals surface area contributed by atoms with E-state index in [9.17, 15) is 0 Å². The topological polar surface area (TPSA) is 56.4 Å². The molecule has 1 aliphatic heterocycles. The zero-order chi connectivity index (χ0) is 42.7. The highest BCUT2D eigenvalue weighted by Gasteiger charge is 2.30. The van der Waals surface area contributed by atoms with E-state index in [1.807, 2.05) is 12.1 Å². The largest absolute Gasteiger partial charge is 0.456 e. The van der Waals surface area contributed by atoms with Crippen LogP contribution >= 0.6 is 0 Å². The van der Waals surface area contributed by atoms with Gasteiger partial charge in [0.15, 0.2) is 7.28 Å². The third kappa shape index (κ3) is 5.30. The van der Waals surface area contributed by atoms with Crippen LogP contribution in [0.3, 0.4) is 0 Å². The lowest BCUT2D eigenvalue weighted by molar-refractivity contribution is 0.590. The highest BCUT2D eigenvalue weighted by atomic mass is 16.3. The summed E-state index contributed by atoms with van der Waals surface area (Å²) in [6.45, 7) is 15.8. The molecule has 0 bridgehead atoms. The Kier molecular flexibility index (Phi) is 7.22. The van der Waals surface area contributed by atoms with E-state index in [0.29, 0.717) is 0 Å². The van der Waals surface area contributed by atoms with E-state index in [1.54, 1.807) is 0 Å². The number of para-hydroxylation sites is 2. The molecule has 0 atom stereocenters. The van der Waals surface area contributed by atoms with Gasteiger partial charge in [-0.3, -0.25) is 0 Å². The molecule has 0 unspecified atom stereocenters. The molecule has 0 spiro atoms. The van der Waals surface area contributed by atoms with E-state index in [1.165, 1.54) is 33.1 Å². The number of aryl methyl sites for hydroxylation is 1. The van der Waals surface area contributed by atoms with Crippen LogP contribution in [0.25, 0.3) is 104 Å². The van der Waals surface area contributed by atoms with Crippen molar-refractivity contribution in [2.24, 2.45) is 0 Å². The fourth-order valence-electron chi connectivity index (χ4n) is 10.3. The van der Waals surface area contributed by atoms with Crippen LogP contribution in [0.15, 0.2) is 147 Å². The molecule has 1 aliphatic rings. The molecule has 6 heteroatoms. The van der Waals surface area contributed by atoms with Gasteiger partial charge in [-0.25, -0.2) is 0 Å². The SMILES string of the molecule is Cc1cc(-c2cc3c(cc2Nc2ccc(C(C)(C)C)cc2)oc2ccc(C(C)(C)C)cc23)c2c3c1c1cc4oc5ccccc5c4cc1n3-c1cc3oc4ccccc4c3cc1[B]2. The molecule has 13 rings (SSSR count). The molecule has 4 aromatic heterocycles. The Morgan fingerprint density at radius 1 is 0.492 bits per heavy atom. The molecule has 303 valence electrons. The maximum atomic E-state index is 6.68. The maximum Gasteiger partial charge on any atom is 0.197 e. The highest BCUT2D eigenvalue weighted by molar-refractivity contribution is 6.74. The van der Waals surface area contributed by atoms with Crippen molar-refractivity contribution >= 4 is 117 Å². The normalized spacial score (nSPS) is 13.1. The van der Waals surface area contributed by atoms with Gasteiger partial charge in [-0.2, -0.15) is 0 Å². The standard InChI is InChI=1S/C57H44BN2O3/c1-30-22-41(36-24-38-37-23-32(57(5,6)7)18-21-49(37)63-51(38)28-44(36)59-33-19-16-31(17-20-33)56(2,3)4)54-55-53(30)42-27-50-40(35-13-9-11-15-48(35)61-50)26-45(42)60(55)46-29-52-39(25-43(46)58-54)34-12-8-10-14-47(34)62-52/h8-29,59H,1-7H3. The van der Waals surface area contributed by atoms with Crippen molar-refractivity contribution < 1.29 is 13.3 Å². The number of aromatic nitrogens is 1. The fraction of sp³-hybridized carbons (Fsp3) is 0.158. The van der Waals surface area contributed by atoms with Crippen LogP contribution in [0.4, 0.5) is 11.4 Å². The molecule has 0 saturated carbocycles. The van der Waals surface area contributed by atoms with Gasteiger partial charge in [0.2, 0.25) is 0 Å². The van der Waals surface area contributed by atoms with Gasteiger partial charge in [0.1, 0.15) is 33.5 Å². The third-order valence-electron chi connectivity index (χ3n) is 13.6. The molecule has 12 aromatic rings. The Morgan fingerprint density at radius 2 is 1.08 bits per heavy atom. The van der Waals surface area contributed by atoms with Crippen molar-refractivity contribution in [2.45, 2.75) is 59.3 Å². The molecular weight excluding hydrogens is 771 g/mol. The van der Waals surface area contributed by atoms with Gasteiger partial charge in [0, 0.05) is 77.7 Å². The van der Waals surface area contributed by atoms with E-state index in [4.69, 9.17) is 13.3 Å². The Bertz CT molecular complexity index is 3940. The molecule has 1 radical (unpaired) electrons. The number of hydrogen-bond acceptors (Lipinski definition) is 4. The molecule has 0 aliphatic carbocycles. The van der Waals surface area contributed by atoms with E-state index in [2.05, 4.69) is 187 Å². The van der Waals surface area contributed by atoms with E-state index in [0.717, 1.165) is 110 Å². The summed E-state index contributed by atoms with van der Waals surface area (Å²) in [7, 11) is 2.41. The lowest BCUT2D eigenvalue weighted by Crippen LogP contribution is -2.37. The van der Waals surface area contributed by atoms with Crippen LogP contribution in [0.2, 0.25) is 0 Å². The lowest BCUT2D eigenvalue weighted by Gasteiger charge is -2.25. The van der Waals surface area contributed by atoms with E-state index >= 15 is 0 Å². The average Bonchev–Trinajstić information content (AvgIpc) is 4.01. The minimum Gasteiger partial charge on any atom is -0.456 e. The van der Waals surface area contributed by atoms with Crippen LogP contribution in [0, 0.1) is 6.92 Å². The van der Waals surface area contributed by atoms with Crippen molar-refractivity contribution in [3.63, 3.8) is 0 Å². The number of nitrogens with one attached hydrogen (secondary N) is 1. The zero-order valence-electron chi connectivity index (χ0n) is 36.5. The molecule has 5 nitrogen and oxygen atoms in total. The quantitative estimate of drug-likeness (QED) is 0.181. The first kappa shape index (κ1) is 36.5. The maximum absolute atomic E-state index is 6.68. The summed E-state index contributed by atoms with van der Waals surface area (Å²) in [5, 5.41) is 12.9. The molecule has 0 amide bonds. The Labute approximate surface area is 365 Å². The highest BCUT2D eigenvalue weighted by Crippen LogP contribution is 2.45. The van der Waals surface area contributed by atoms with Gasteiger partial charge in [-0.05, 0) is 100 Å². The van der Waals surface area contributed by atoms with Gasteiger partial charge in [0.05, 0.1) is 11.2 Å².